The van der Waals surface area contributed by atoms with Crippen LogP contribution in [0.1, 0.15) is 28.2 Å². The Kier molecular flexibility index (Phi) is 5.93. The van der Waals surface area contributed by atoms with Crippen molar-refractivity contribution < 1.29 is 0 Å². The predicted octanol–water partition coefficient (Wildman–Crippen LogP) is 8.57. The van der Waals surface area contributed by atoms with Gasteiger partial charge in [-0.2, -0.15) is 15.8 Å². The zero-order valence-electron chi connectivity index (χ0n) is 24.9. The molecule has 0 fully saturated rings. The molecular weight excluding hydrogens is 566 g/mol. The van der Waals surface area contributed by atoms with Gasteiger partial charge in [0.05, 0.1) is 74.0 Å². The van der Waals surface area contributed by atoms with Crippen molar-refractivity contribution in [2.24, 2.45) is 0 Å². The zero-order chi connectivity index (χ0) is 31.5. The highest BCUT2D eigenvalue weighted by molar-refractivity contribution is 6.12. The normalized spacial score (nSPS) is 11.2. The number of hydrogen-bond donors (Lipinski definition) is 0. The van der Waals surface area contributed by atoms with Gasteiger partial charge in [-0.05, 0) is 68.4 Å². The zero-order valence-corrected chi connectivity index (χ0v) is 24.9. The van der Waals surface area contributed by atoms with E-state index in [1.54, 1.807) is 0 Å². The Hall–Kier alpha value is -6.75. The largest absolute Gasteiger partial charge is 0.307 e. The lowest BCUT2D eigenvalue weighted by atomic mass is 10.0. The third-order valence-corrected chi connectivity index (χ3v) is 8.56. The van der Waals surface area contributed by atoms with Crippen LogP contribution in [0.5, 0.6) is 0 Å². The monoisotopic (exact) mass is 589 g/mol. The SMILES string of the molecule is Cc1cc(-c2cc(-n3c4ccccc4c4ccc(C#N)cc43)c(-n3c4ccccc4c4ccc(C#N)cc43)cc2C#N)nc(C)n1. The molecule has 0 saturated heterocycles. The molecule has 0 amide bonds. The van der Waals surface area contributed by atoms with E-state index in [1.807, 2.05) is 92.7 Å². The van der Waals surface area contributed by atoms with Gasteiger partial charge < -0.3 is 9.13 Å². The fourth-order valence-electron chi connectivity index (χ4n) is 6.69. The second kappa shape index (κ2) is 10.2. The lowest BCUT2D eigenvalue weighted by Crippen LogP contribution is -2.06. The summed E-state index contributed by atoms with van der Waals surface area (Å²) in [6.07, 6.45) is 0. The van der Waals surface area contributed by atoms with Crippen molar-refractivity contribution in [2.45, 2.75) is 13.8 Å². The molecule has 0 saturated carbocycles. The Morgan fingerprint density at radius 2 is 1.04 bits per heavy atom. The minimum atomic E-state index is 0.456. The van der Waals surface area contributed by atoms with Gasteiger partial charge in [0.2, 0.25) is 0 Å². The number of aryl methyl sites for hydroxylation is 2. The quantitative estimate of drug-likeness (QED) is 0.205. The molecule has 5 aromatic carbocycles. The molecule has 0 bridgehead atoms. The van der Waals surface area contributed by atoms with Crippen molar-refractivity contribution in [1.29, 1.82) is 15.8 Å². The summed E-state index contributed by atoms with van der Waals surface area (Å²) < 4.78 is 4.30. The third kappa shape index (κ3) is 3.95. The van der Waals surface area contributed by atoms with Crippen LogP contribution < -0.4 is 0 Å². The van der Waals surface area contributed by atoms with E-state index in [-0.39, 0.29) is 0 Å². The first kappa shape index (κ1) is 26.8. The molecule has 214 valence electrons. The average Bonchev–Trinajstić information content (AvgIpc) is 3.59. The molecule has 0 aliphatic carbocycles. The standard InChI is InChI=1S/C39H23N7/c1-23-15-33(44-24(2)43-23)32-19-39(46-35-10-6-4-8-29(35)31-14-12-26(21-41)17-37(31)46)38(18-27(32)22-42)45-34-9-5-3-7-28(34)30-13-11-25(20-40)16-36(30)45/h3-19H,1-2H3. The minimum absolute atomic E-state index is 0.456. The first-order valence-corrected chi connectivity index (χ1v) is 14.8. The van der Waals surface area contributed by atoms with E-state index in [0.717, 1.165) is 60.7 Å². The molecule has 46 heavy (non-hydrogen) atoms. The summed E-state index contributed by atoms with van der Waals surface area (Å²) in [5, 5.41) is 34.4. The number of nitrogens with zero attached hydrogens (tertiary/aromatic N) is 7. The van der Waals surface area contributed by atoms with Crippen LogP contribution >= 0.6 is 0 Å². The van der Waals surface area contributed by atoms with Crippen LogP contribution in [0.15, 0.2) is 103 Å². The summed E-state index contributed by atoms with van der Waals surface area (Å²) in [4.78, 5) is 9.22. The molecule has 0 aliphatic heterocycles. The Balaban J connectivity index is 1.60. The summed E-state index contributed by atoms with van der Waals surface area (Å²) in [6, 6.07) is 40.6. The first-order valence-electron chi connectivity index (χ1n) is 14.8. The Labute approximate surface area is 264 Å². The van der Waals surface area contributed by atoms with Crippen molar-refractivity contribution in [1.82, 2.24) is 19.1 Å². The summed E-state index contributed by atoms with van der Waals surface area (Å²) in [6.45, 7) is 3.76. The van der Waals surface area contributed by atoms with Crippen LogP contribution in [-0.2, 0) is 0 Å². The number of para-hydroxylation sites is 2. The van der Waals surface area contributed by atoms with E-state index < -0.39 is 0 Å². The van der Waals surface area contributed by atoms with Crippen molar-refractivity contribution in [3.63, 3.8) is 0 Å². The molecule has 0 N–H and O–H groups in total. The van der Waals surface area contributed by atoms with Crippen LogP contribution in [0.4, 0.5) is 0 Å². The second-order valence-corrected chi connectivity index (χ2v) is 11.3. The Morgan fingerprint density at radius 3 is 1.57 bits per heavy atom. The summed E-state index contributed by atoms with van der Waals surface area (Å²) in [5.74, 6) is 0.617. The van der Waals surface area contributed by atoms with E-state index in [1.165, 1.54) is 0 Å². The fraction of sp³-hybridized carbons (Fsp3) is 0.0513. The van der Waals surface area contributed by atoms with Gasteiger partial charge >= 0.3 is 0 Å². The summed E-state index contributed by atoms with van der Waals surface area (Å²) in [5.41, 5.74) is 8.85. The van der Waals surface area contributed by atoms with Crippen molar-refractivity contribution >= 4 is 43.6 Å². The number of hydrogen-bond acceptors (Lipinski definition) is 5. The van der Waals surface area contributed by atoms with Gasteiger partial charge in [0.1, 0.15) is 5.82 Å². The maximum Gasteiger partial charge on any atom is 0.126 e. The molecule has 0 unspecified atom stereocenters. The maximum atomic E-state index is 10.6. The van der Waals surface area contributed by atoms with Gasteiger partial charge in [-0.3, -0.25) is 0 Å². The van der Waals surface area contributed by atoms with Gasteiger partial charge in [-0.25, -0.2) is 9.97 Å². The summed E-state index contributed by atoms with van der Waals surface area (Å²) >= 11 is 0. The molecule has 8 aromatic rings. The first-order chi connectivity index (χ1) is 22.5. The lowest BCUT2D eigenvalue weighted by molar-refractivity contribution is 1.01. The predicted molar refractivity (Wildman–Crippen MR) is 180 cm³/mol. The van der Waals surface area contributed by atoms with Gasteiger partial charge in [-0.15, -0.1) is 0 Å². The molecule has 0 spiro atoms. The van der Waals surface area contributed by atoms with Crippen molar-refractivity contribution in [3.8, 4) is 40.8 Å². The third-order valence-electron chi connectivity index (χ3n) is 8.56. The van der Waals surface area contributed by atoms with E-state index >= 15 is 0 Å². The number of aromatic nitrogens is 4. The summed E-state index contributed by atoms with van der Waals surface area (Å²) in [7, 11) is 0. The highest BCUT2D eigenvalue weighted by Gasteiger charge is 2.23. The van der Waals surface area contributed by atoms with E-state index in [0.29, 0.717) is 33.8 Å². The number of rotatable bonds is 3. The van der Waals surface area contributed by atoms with E-state index in [9.17, 15) is 15.8 Å². The molecule has 8 rings (SSSR count). The second-order valence-electron chi connectivity index (χ2n) is 11.3. The average molecular weight is 590 g/mol. The highest BCUT2D eigenvalue weighted by Crippen LogP contribution is 2.41. The van der Waals surface area contributed by atoms with Crippen LogP contribution in [-0.4, -0.2) is 19.1 Å². The van der Waals surface area contributed by atoms with Crippen molar-refractivity contribution in [3.05, 3.63) is 131 Å². The minimum Gasteiger partial charge on any atom is -0.307 e. The maximum absolute atomic E-state index is 10.6. The Bertz CT molecular complexity index is 2690. The van der Waals surface area contributed by atoms with Crippen LogP contribution in [0.2, 0.25) is 0 Å². The molecule has 0 aliphatic rings. The number of fused-ring (bicyclic) bond motifs is 6. The molecule has 0 radical (unpaired) electrons. The van der Waals surface area contributed by atoms with Gasteiger partial charge in [0.25, 0.3) is 0 Å². The van der Waals surface area contributed by atoms with Gasteiger partial charge in [0, 0.05) is 32.8 Å². The van der Waals surface area contributed by atoms with Crippen LogP contribution in [0, 0.1) is 47.8 Å². The molecule has 0 atom stereocenters. The molecular formula is C39H23N7. The van der Waals surface area contributed by atoms with Crippen molar-refractivity contribution in [2.75, 3.05) is 0 Å². The molecule has 3 heterocycles. The topological polar surface area (TPSA) is 107 Å². The molecule has 7 heteroatoms. The van der Waals surface area contributed by atoms with Gasteiger partial charge in [-0.1, -0.05) is 48.5 Å². The highest BCUT2D eigenvalue weighted by atomic mass is 15.1. The van der Waals surface area contributed by atoms with Crippen LogP contribution in [0.3, 0.4) is 0 Å². The van der Waals surface area contributed by atoms with E-state index in [4.69, 9.17) is 4.98 Å². The van der Waals surface area contributed by atoms with Gasteiger partial charge in [0.15, 0.2) is 0 Å². The Morgan fingerprint density at radius 1 is 0.522 bits per heavy atom. The smallest absolute Gasteiger partial charge is 0.126 e. The number of nitriles is 3. The molecule has 7 nitrogen and oxygen atoms in total. The lowest BCUT2D eigenvalue weighted by Gasteiger charge is -2.19. The molecule has 3 aromatic heterocycles. The number of benzene rings is 5. The fourth-order valence-corrected chi connectivity index (χ4v) is 6.69. The van der Waals surface area contributed by atoms with Crippen LogP contribution in [0.25, 0.3) is 66.2 Å². The van der Waals surface area contributed by atoms with E-state index in [2.05, 4.69) is 56.6 Å².